The van der Waals surface area contributed by atoms with E-state index in [4.69, 9.17) is 0 Å². The normalized spacial score (nSPS) is 12.2. The lowest BCUT2D eigenvalue weighted by molar-refractivity contribution is -0.140. The number of carbonyl (C=O) groups excluding carboxylic acids is 2. The Bertz CT molecular complexity index is 1350. The highest BCUT2D eigenvalue weighted by Gasteiger charge is 2.33. The zero-order valence-electron chi connectivity index (χ0n) is 22.8. The summed E-state index contributed by atoms with van der Waals surface area (Å²) < 4.78 is 42.3. The molecule has 39 heavy (non-hydrogen) atoms. The lowest BCUT2D eigenvalue weighted by Gasteiger charge is -2.33. The molecule has 0 heterocycles. The Balaban J connectivity index is 2.05. The number of amides is 2. The van der Waals surface area contributed by atoms with Crippen molar-refractivity contribution in [2.75, 3.05) is 17.4 Å². The Morgan fingerprint density at radius 3 is 2.05 bits per heavy atom. The van der Waals surface area contributed by atoms with Crippen molar-refractivity contribution in [2.24, 2.45) is 0 Å². The zero-order chi connectivity index (χ0) is 28.6. The molecule has 7 nitrogen and oxygen atoms in total. The van der Waals surface area contributed by atoms with Crippen LogP contribution in [0, 0.1) is 5.82 Å². The molecule has 3 aromatic carbocycles. The first-order valence-corrected chi connectivity index (χ1v) is 14.5. The predicted molar refractivity (Wildman–Crippen MR) is 151 cm³/mol. The van der Waals surface area contributed by atoms with E-state index in [9.17, 15) is 22.4 Å². The first-order chi connectivity index (χ1) is 18.6. The standard InChI is InChI=1S/C30H36FN3O4S/c1-5-28(30(36)32-6-2)33(20-23-12-16-25(31)17-13-23)29(35)21-34(26-18-14-24(15-19-26)22(3)4)39(37,38)27-10-8-7-9-11-27/h7-19,22,28H,5-6,20-21H2,1-4H3,(H,32,36)/t28-/m1/s1. The van der Waals surface area contributed by atoms with Crippen LogP contribution in [0.1, 0.15) is 51.2 Å². The summed E-state index contributed by atoms with van der Waals surface area (Å²) in [6.07, 6.45) is 0.313. The number of benzene rings is 3. The molecule has 0 fully saturated rings. The van der Waals surface area contributed by atoms with Crippen molar-refractivity contribution >= 4 is 27.5 Å². The molecule has 1 atom stereocenters. The van der Waals surface area contributed by atoms with E-state index in [1.54, 1.807) is 56.3 Å². The summed E-state index contributed by atoms with van der Waals surface area (Å²) in [4.78, 5) is 28.3. The van der Waals surface area contributed by atoms with Gasteiger partial charge >= 0.3 is 0 Å². The molecule has 2 amide bonds. The summed E-state index contributed by atoms with van der Waals surface area (Å²) >= 11 is 0. The largest absolute Gasteiger partial charge is 0.355 e. The minimum atomic E-state index is -4.12. The van der Waals surface area contributed by atoms with Crippen LogP contribution in [0.2, 0.25) is 0 Å². The average molecular weight is 554 g/mol. The van der Waals surface area contributed by atoms with Crippen LogP contribution < -0.4 is 9.62 Å². The first kappa shape index (κ1) is 29.8. The third-order valence-electron chi connectivity index (χ3n) is 6.46. The molecule has 0 bridgehead atoms. The van der Waals surface area contributed by atoms with Gasteiger partial charge in [0.1, 0.15) is 18.4 Å². The van der Waals surface area contributed by atoms with Crippen molar-refractivity contribution in [3.8, 4) is 0 Å². The van der Waals surface area contributed by atoms with Crippen LogP contribution in [0.3, 0.4) is 0 Å². The lowest BCUT2D eigenvalue weighted by Crippen LogP contribution is -2.52. The van der Waals surface area contributed by atoms with Crippen molar-refractivity contribution in [3.63, 3.8) is 0 Å². The molecule has 9 heteroatoms. The summed E-state index contributed by atoms with van der Waals surface area (Å²) in [5, 5.41) is 2.76. The van der Waals surface area contributed by atoms with Gasteiger partial charge in [-0.3, -0.25) is 13.9 Å². The molecule has 1 N–H and O–H groups in total. The van der Waals surface area contributed by atoms with Crippen LogP contribution in [-0.4, -0.2) is 44.3 Å². The van der Waals surface area contributed by atoms with Crippen molar-refractivity contribution in [1.29, 1.82) is 0 Å². The van der Waals surface area contributed by atoms with E-state index in [0.717, 1.165) is 9.87 Å². The van der Waals surface area contributed by atoms with Crippen molar-refractivity contribution < 1.29 is 22.4 Å². The molecule has 0 aliphatic carbocycles. The predicted octanol–water partition coefficient (Wildman–Crippen LogP) is 5.09. The van der Waals surface area contributed by atoms with Gasteiger partial charge in [0.15, 0.2) is 0 Å². The minimum absolute atomic E-state index is 0.0142. The van der Waals surface area contributed by atoms with Gasteiger partial charge in [0.25, 0.3) is 10.0 Å². The Morgan fingerprint density at radius 1 is 0.897 bits per heavy atom. The maximum absolute atomic E-state index is 13.9. The number of hydrogen-bond donors (Lipinski definition) is 1. The second-order valence-corrected chi connectivity index (χ2v) is 11.4. The van der Waals surface area contributed by atoms with Crippen LogP contribution in [0.25, 0.3) is 0 Å². The topological polar surface area (TPSA) is 86.8 Å². The van der Waals surface area contributed by atoms with Crippen molar-refractivity contribution in [3.05, 3.63) is 95.8 Å². The molecule has 0 spiro atoms. The SMILES string of the molecule is CCNC(=O)[C@@H](CC)N(Cc1ccc(F)cc1)C(=O)CN(c1ccc(C(C)C)cc1)S(=O)(=O)c1ccccc1. The van der Waals surface area contributed by atoms with Gasteiger partial charge in [-0.1, -0.05) is 63.2 Å². The fourth-order valence-corrected chi connectivity index (χ4v) is 5.71. The fraction of sp³-hybridized carbons (Fsp3) is 0.333. The number of hydrogen-bond acceptors (Lipinski definition) is 4. The molecule has 0 saturated carbocycles. The van der Waals surface area contributed by atoms with Gasteiger partial charge in [0, 0.05) is 13.1 Å². The molecule has 0 aliphatic heterocycles. The number of halogens is 1. The molecule has 0 aromatic heterocycles. The first-order valence-electron chi connectivity index (χ1n) is 13.1. The quantitative estimate of drug-likeness (QED) is 0.339. The monoisotopic (exact) mass is 553 g/mol. The third kappa shape index (κ3) is 7.44. The van der Waals surface area contributed by atoms with E-state index < -0.39 is 34.3 Å². The van der Waals surface area contributed by atoms with Crippen LogP contribution >= 0.6 is 0 Å². The second kappa shape index (κ2) is 13.4. The number of rotatable bonds is 12. The average Bonchev–Trinajstić information content (AvgIpc) is 2.93. The van der Waals surface area contributed by atoms with Gasteiger partial charge in [-0.05, 0) is 66.8 Å². The van der Waals surface area contributed by atoms with Crippen LogP contribution in [0.4, 0.5) is 10.1 Å². The summed E-state index contributed by atoms with van der Waals surface area (Å²) in [6.45, 7) is 7.52. The van der Waals surface area contributed by atoms with E-state index in [1.807, 2.05) is 26.0 Å². The highest BCUT2D eigenvalue weighted by molar-refractivity contribution is 7.92. The Morgan fingerprint density at radius 2 is 1.51 bits per heavy atom. The molecule has 3 rings (SSSR count). The number of nitrogens with one attached hydrogen (secondary N) is 1. The van der Waals surface area contributed by atoms with Crippen molar-refractivity contribution in [2.45, 2.75) is 57.5 Å². The minimum Gasteiger partial charge on any atom is -0.355 e. The number of anilines is 1. The van der Waals surface area contributed by atoms with Gasteiger partial charge in [0.05, 0.1) is 10.6 Å². The summed E-state index contributed by atoms with van der Waals surface area (Å²) in [6, 6.07) is 19.8. The highest BCUT2D eigenvalue weighted by atomic mass is 32.2. The van der Waals surface area contributed by atoms with Gasteiger partial charge in [-0.2, -0.15) is 0 Å². The van der Waals surface area contributed by atoms with Crippen molar-refractivity contribution in [1.82, 2.24) is 10.2 Å². The smallest absolute Gasteiger partial charge is 0.264 e. The number of carbonyl (C=O) groups is 2. The van der Waals surface area contributed by atoms with E-state index in [-0.39, 0.29) is 23.3 Å². The van der Waals surface area contributed by atoms with Gasteiger partial charge in [0.2, 0.25) is 11.8 Å². The molecular weight excluding hydrogens is 517 g/mol. The summed E-state index contributed by atoms with van der Waals surface area (Å²) in [7, 11) is -4.12. The maximum Gasteiger partial charge on any atom is 0.264 e. The fourth-order valence-electron chi connectivity index (χ4n) is 4.27. The van der Waals surface area contributed by atoms with Crippen LogP contribution in [-0.2, 0) is 26.2 Å². The van der Waals surface area contributed by atoms with E-state index >= 15 is 0 Å². The maximum atomic E-state index is 13.9. The molecule has 0 unspecified atom stereocenters. The number of nitrogens with zero attached hydrogens (tertiary/aromatic N) is 2. The second-order valence-electron chi connectivity index (χ2n) is 9.54. The summed E-state index contributed by atoms with van der Waals surface area (Å²) in [5.74, 6) is -1.06. The molecule has 3 aromatic rings. The Kier molecular flexibility index (Phi) is 10.2. The Hall–Kier alpha value is -3.72. The van der Waals surface area contributed by atoms with E-state index in [1.165, 1.54) is 29.2 Å². The number of sulfonamides is 1. The molecule has 0 radical (unpaired) electrons. The highest BCUT2D eigenvalue weighted by Crippen LogP contribution is 2.27. The molecule has 0 saturated heterocycles. The lowest BCUT2D eigenvalue weighted by atomic mass is 10.0. The van der Waals surface area contributed by atoms with Gasteiger partial charge in [-0.15, -0.1) is 0 Å². The third-order valence-corrected chi connectivity index (χ3v) is 8.25. The molecule has 0 aliphatic rings. The molecule has 208 valence electrons. The summed E-state index contributed by atoms with van der Waals surface area (Å²) in [5.41, 5.74) is 1.98. The Labute approximate surface area is 230 Å². The molecular formula is C30H36FN3O4S. The van der Waals surface area contributed by atoms with Crippen LogP contribution in [0.5, 0.6) is 0 Å². The van der Waals surface area contributed by atoms with E-state index in [0.29, 0.717) is 24.2 Å². The van der Waals surface area contributed by atoms with E-state index in [2.05, 4.69) is 5.32 Å². The van der Waals surface area contributed by atoms with Gasteiger partial charge in [-0.25, -0.2) is 12.8 Å². The number of likely N-dealkylation sites (N-methyl/N-ethyl adjacent to an activating group) is 1. The van der Waals surface area contributed by atoms with Gasteiger partial charge < -0.3 is 10.2 Å². The zero-order valence-corrected chi connectivity index (χ0v) is 23.6. The van der Waals surface area contributed by atoms with Crippen LogP contribution in [0.15, 0.2) is 83.8 Å².